The van der Waals surface area contributed by atoms with E-state index in [1.165, 1.54) is 5.56 Å². The fourth-order valence-electron chi connectivity index (χ4n) is 3.06. The van der Waals surface area contributed by atoms with Gasteiger partial charge in [-0.1, -0.05) is 12.1 Å². The molecule has 1 N–H and O–H groups in total. The maximum Gasteiger partial charge on any atom is 0.287 e. The first-order valence-corrected chi connectivity index (χ1v) is 10.1. The third-order valence-electron chi connectivity index (χ3n) is 4.56. The Bertz CT molecular complexity index is 798. The summed E-state index contributed by atoms with van der Waals surface area (Å²) >= 11 is 3.15. The van der Waals surface area contributed by atoms with Crippen LogP contribution in [-0.4, -0.2) is 60.9 Å². The number of hydrogen-bond acceptors (Lipinski definition) is 5. The van der Waals surface area contributed by atoms with Gasteiger partial charge in [-0.25, -0.2) is 0 Å². The molecule has 1 aromatic heterocycles. The molecule has 7 nitrogen and oxygen atoms in total. The molecule has 0 bridgehead atoms. The summed E-state index contributed by atoms with van der Waals surface area (Å²) in [6, 6.07) is 11.3. The zero-order chi connectivity index (χ0) is 19.9. The zero-order valence-corrected chi connectivity index (χ0v) is 17.4. The monoisotopic (exact) mass is 449 g/mol. The molecule has 150 valence electrons. The van der Waals surface area contributed by atoms with Gasteiger partial charge in [0.25, 0.3) is 5.91 Å². The second-order valence-electron chi connectivity index (χ2n) is 6.52. The number of rotatable bonds is 7. The summed E-state index contributed by atoms with van der Waals surface area (Å²) in [6.45, 7) is 6.35. The highest BCUT2D eigenvalue weighted by Crippen LogP contribution is 2.15. The van der Waals surface area contributed by atoms with Gasteiger partial charge in [0, 0.05) is 32.7 Å². The number of ether oxygens (including phenoxy) is 1. The molecule has 0 spiro atoms. The van der Waals surface area contributed by atoms with E-state index in [0.29, 0.717) is 24.4 Å². The molecule has 28 heavy (non-hydrogen) atoms. The minimum atomic E-state index is -0.395. The second-order valence-corrected chi connectivity index (χ2v) is 7.30. The molecule has 8 heteroatoms. The molecule has 1 fully saturated rings. The zero-order valence-electron chi connectivity index (χ0n) is 15.8. The van der Waals surface area contributed by atoms with Crippen LogP contribution in [0.5, 0.6) is 5.75 Å². The molecule has 2 heterocycles. The standard InChI is InChI=1S/C20H24BrN3O4/c1-2-27-16-5-3-15(4-6-16)14-23-9-11-24(12-10-23)19(25)13-22-20(26)17-7-8-18(21)28-17/h3-8H,2,9-14H2,1H3,(H,22,26). The number of amides is 2. The lowest BCUT2D eigenvalue weighted by molar-refractivity contribution is -0.131. The molecule has 1 aliphatic heterocycles. The summed E-state index contributed by atoms with van der Waals surface area (Å²) in [7, 11) is 0. The highest BCUT2D eigenvalue weighted by Gasteiger charge is 2.22. The van der Waals surface area contributed by atoms with Crippen molar-refractivity contribution in [2.24, 2.45) is 0 Å². The Morgan fingerprint density at radius 2 is 1.82 bits per heavy atom. The summed E-state index contributed by atoms with van der Waals surface area (Å²) in [6.07, 6.45) is 0. The van der Waals surface area contributed by atoms with Crippen LogP contribution in [0.3, 0.4) is 0 Å². The predicted octanol–water partition coefficient (Wildman–Crippen LogP) is 2.52. The van der Waals surface area contributed by atoms with Gasteiger partial charge in [0.1, 0.15) is 5.75 Å². The number of furan rings is 1. The summed E-state index contributed by atoms with van der Waals surface area (Å²) in [5.74, 6) is 0.582. The largest absolute Gasteiger partial charge is 0.494 e. The highest BCUT2D eigenvalue weighted by molar-refractivity contribution is 9.10. The molecule has 0 saturated carbocycles. The number of carbonyl (C=O) groups excluding carboxylic acids is 2. The van der Waals surface area contributed by atoms with Gasteiger partial charge in [-0.3, -0.25) is 14.5 Å². The molecule has 0 unspecified atom stereocenters. The van der Waals surface area contributed by atoms with Crippen molar-refractivity contribution >= 4 is 27.7 Å². The van der Waals surface area contributed by atoms with E-state index in [4.69, 9.17) is 9.15 Å². The van der Waals surface area contributed by atoms with Crippen LogP contribution in [0.25, 0.3) is 0 Å². The van der Waals surface area contributed by atoms with Crippen LogP contribution in [0.1, 0.15) is 23.0 Å². The first-order chi connectivity index (χ1) is 13.5. The Kier molecular flexibility index (Phi) is 7.11. The number of benzene rings is 1. The van der Waals surface area contributed by atoms with Crippen LogP contribution in [-0.2, 0) is 11.3 Å². The van der Waals surface area contributed by atoms with Crippen molar-refractivity contribution in [1.82, 2.24) is 15.1 Å². The van der Waals surface area contributed by atoms with Crippen LogP contribution in [0.2, 0.25) is 0 Å². The van der Waals surface area contributed by atoms with Gasteiger partial charge in [-0.05, 0) is 52.7 Å². The number of piperazine rings is 1. The first-order valence-electron chi connectivity index (χ1n) is 9.30. The van der Waals surface area contributed by atoms with Gasteiger partial charge in [-0.15, -0.1) is 0 Å². The normalized spacial score (nSPS) is 14.7. The summed E-state index contributed by atoms with van der Waals surface area (Å²) in [4.78, 5) is 28.4. The van der Waals surface area contributed by atoms with E-state index in [9.17, 15) is 9.59 Å². The lowest BCUT2D eigenvalue weighted by atomic mass is 10.2. The topological polar surface area (TPSA) is 75.0 Å². The van der Waals surface area contributed by atoms with Crippen LogP contribution >= 0.6 is 15.9 Å². The third kappa shape index (κ3) is 5.59. The summed E-state index contributed by atoms with van der Waals surface area (Å²) < 4.78 is 11.1. The Morgan fingerprint density at radius 3 is 2.43 bits per heavy atom. The minimum absolute atomic E-state index is 0.0317. The SMILES string of the molecule is CCOc1ccc(CN2CCN(C(=O)CNC(=O)c3ccc(Br)o3)CC2)cc1. The quantitative estimate of drug-likeness (QED) is 0.702. The van der Waals surface area contributed by atoms with Crippen molar-refractivity contribution in [1.29, 1.82) is 0 Å². The van der Waals surface area contributed by atoms with Crippen molar-refractivity contribution < 1.29 is 18.7 Å². The molecule has 0 aliphatic carbocycles. The van der Waals surface area contributed by atoms with Crippen LogP contribution in [0.4, 0.5) is 0 Å². The van der Waals surface area contributed by atoms with E-state index < -0.39 is 5.91 Å². The van der Waals surface area contributed by atoms with Gasteiger partial charge in [0.05, 0.1) is 13.2 Å². The average Bonchev–Trinajstić information content (AvgIpc) is 3.14. The fourth-order valence-corrected chi connectivity index (χ4v) is 3.37. The molecular weight excluding hydrogens is 426 g/mol. The van der Waals surface area contributed by atoms with Crippen molar-refractivity contribution in [2.75, 3.05) is 39.3 Å². The lowest BCUT2D eigenvalue weighted by Crippen LogP contribution is -2.50. The lowest BCUT2D eigenvalue weighted by Gasteiger charge is -2.34. The number of nitrogens with zero attached hydrogens (tertiary/aromatic N) is 2. The fraction of sp³-hybridized carbons (Fsp3) is 0.400. The van der Waals surface area contributed by atoms with E-state index in [1.807, 2.05) is 19.1 Å². The second kappa shape index (κ2) is 9.75. The van der Waals surface area contributed by atoms with Gasteiger partial charge in [-0.2, -0.15) is 0 Å². The molecule has 2 aromatic rings. The Balaban J connectivity index is 1.40. The smallest absolute Gasteiger partial charge is 0.287 e. The van der Waals surface area contributed by atoms with Crippen molar-refractivity contribution in [2.45, 2.75) is 13.5 Å². The number of carbonyl (C=O) groups is 2. The van der Waals surface area contributed by atoms with Crippen molar-refractivity contribution in [3.05, 3.63) is 52.4 Å². The van der Waals surface area contributed by atoms with E-state index >= 15 is 0 Å². The maximum absolute atomic E-state index is 12.3. The summed E-state index contributed by atoms with van der Waals surface area (Å²) in [5, 5.41) is 2.61. The van der Waals surface area contributed by atoms with Gasteiger partial charge >= 0.3 is 0 Å². The average molecular weight is 450 g/mol. The van der Waals surface area contributed by atoms with E-state index in [-0.39, 0.29) is 18.2 Å². The Hall–Kier alpha value is -2.32. The van der Waals surface area contributed by atoms with Crippen LogP contribution < -0.4 is 10.1 Å². The Labute approximate surface area is 172 Å². The molecule has 1 saturated heterocycles. The predicted molar refractivity (Wildman–Crippen MR) is 108 cm³/mol. The highest BCUT2D eigenvalue weighted by atomic mass is 79.9. The van der Waals surface area contributed by atoms with Crippen LogP contribution in [0.15, 0.2) is 45.5 Å². The Morgan fingerprint density at radius 1 is 1.11 bits per heavy atom. The minimum Gasteiger partial charge on any atom is -0.494 e. The molecule has 3 rings (SSSR count). The molecular formula is C20H24BrN3O4. The van der Waals surface area contributed by atoms with E-state index in [0.717, 1.165) is 25.4 Å². The molecule has 0 radical (unpaired) electrons. The number of nitrogens with one attached hydrogen (secondary N) is 1. The molecule has 1 aliphatic rings. The third-order valence-corrected chi connectivity index (χ3v) is 4.99. The van der Waals surface area contributed by atoms with Crippen molar-refractivity contribution in [3.8, 4) is 5.75 Å². The molecule has 1 aromatic carbocycles. The van der Waals surface area contributed by atoms with Gasteiger partial charge in [0.15, 0.2) is 10.4 Å². The first kappa shape index (κ1) is 20.4. The number of hydrogen-bond donors (Lipinski definition) is 1. The summed E-state index contributed by atoms with van der Waals surface area (Å²) in [5.41, 5.74) is 1.22. The molecule has 2 amide bonds. The molecule has 0 atom stereocenters. The maximum atomic E-state index is 12.3. The van der Waals surface area contributed by atoms with Crippen molar-refractivity contribution in [3.63, 3.8) is 0 Å². The number of halogens is 1. The van der Waals surface area contributed by atoms with E-state index in [1.54, 1.807) is 17.0 Å². The van der Waals surface area contributed by atoms with E-state index in [2.05, 4.69) is 38.3 Å². The van der Waals surface area contributed by atoms with Gasteiger partial charge in [0.2, 0.25) is 5.91 Å². The van der Waals surface area contributed by atoms with Gasteiger partial charge < -0.3 is 19.4 Å². The van der Waals surface area contributed by atoms with Crippen LogP contribution in [0, 0.1) is 0 Å².